The van der Waals surface area contributed by atoms with E-state index in [1.54, 1.807) is 11.4 Å². The van der Waals surface area contributed by atoms with E-state index in [2.05, 4.69) is 4.72 Å². The molecule has 0 radical (unpaired) electrons. The Morgan fingerprint density at radius 2 is 2.05 bits per heavy atom. The fourth-order valence-electron chi connectivity index (χ4n) is 1.85. The molecule has 0 saturated carbocycles. The molecule has 0 aliphatic carbocycles. The van der Waals surface area contributed by atoms with Crippen LogP contribution >= 0.6 is 11.3 Å². The maximum atomic E-state index is 12.3. The lowest BCUT2D eigenvalue weighted by Crippen LogP contribution is -2.28. The molecule has 8 heteroatoms. The number of hydrogen-bond donors (Lipinski definition) is 2. The van der Waals surface area contributed by atoms with Crippen molar-refractivity contribution in [3.05, 3.63) is 40.6 Å². The van der Waals surface area contributed by atoms with Gasteiger partial charge in [0.1, 0.15) is 16.4 Å². The summed E-state index contributed by atoms with van der Waals surface area (Å²) in [5.41, 5.74) is 0.675. The molecule has 1 aromatic heterocycles. The molecule has 0 aliphatic heterocycles. The average Bonchev–Trinajstić information content (AvgIpc) is 3.06. The molecule has 0 aliphatic rings. The minimum absolute atomic E-state index is 0.00619. The molecule has 1 atom stereocenters. The molecule has 1 aromatic carbocycles. The van der Waals surface area contributed by atoms with E-state index in [9.17, 15) is 13.5 Å². The Balaban J connectivity index is 2.16. The molecule has 0 fully saturated rings. The largest absolute Gasteiger partial charge is 0.497 e. The van der Waals surface area contributed by atoms with E-state index in [0.29, 0.717) is 11.3 Å². The number of hydrogen-bond acceptors (Lipinski definition) is 6. The summed E-state index contributed by atoms with van der Waals surface area (Å²) in [5.74, 6) is 0.672. The van der Waals surface area contributed by atoms with Gasteiger partial charge in [0.25, 0.3) is 0 Å². The second-order valence-corrected chi connectivity index (χ2v) is 6.96. The maximum Gasteiger partial charge on any atom is 0.244 e. The van der Waals surface area contributed by atoms with Crippen molar-refractivity contribution in [2.45, 2.75) is 11.0 Å². The lowest BCUT2D eigenvalue weighted by atomic mass is 10.2. The van der Waals surface area contributed by atoms with Gasteiger partial charge in [-0.05, 0) is 34.5 Å². The van der Waals surface area contributed by atoms with Crippen molar-refractivity contribution in [3.63, 3.8) is 0 Å². The van der Waals surface area contributed by atoms with Crippen LogP contribution in [0.1, 0.15) is 11.7 Å². The molecule has 1 unspecified atom stereocenters. The van der Waals surface area contributed by atoms with E-state index in [1.165, 1.54) is 43.8 Å². The van der Waals surface area contributed by atoms with Crippen LogP contribution in [0.25, 0.3) is 0 Å². The van der Waals surface area contributed by atoms with Gasteiger partial charge in [-0.25, -0.2) is 13.1 Å². The average molecular weight is 343 g/mol. The van der Waals surface area contributed by atoms with E-state index in [1.807, 2.05) is 5.38 Å². The normalized spacial score (nSPS) is 12.9. The molecule has 6 nitrogen and oxygen atoms in total. The second kappa shape index (κ2) is 7.10. The molecule has 120 valence electrons. The van der Waals surface area contributed by atoms with Gasteiger partial charge < -0.3 is 14.6 Å². The molecular formula is C14H17NO5S2. The van der Waals surface area contributed by atoms with Gasteiger partial charge in [-0.2, -0.15) is 11.3 Å². The van der Waals surface area contributed by atoms with Gasteiger partial charge >= 0.3 is 0 Å². The SMILES string of the molecule is COc1ccc(S(=O)(=O)NCC(O)c2ccsc2)c(OC)c1. The van der Waals surface area contributed by atoms with Crippen molar-refractivity contribution in [2.75, 3.05) is 20.8 Å². The van der Waals surface area contributed by atoms with Gasteiger partial charge in [-0.3, -0.25) is 0 Å². The summed E-state index contributed by atoms with van der Waals surface area (Å²) in [7, 11) is -0.934. The number of sulfonamides is 1. The van der Waals surface area contributed by atoms with Crippen molar-refractivity contribution in [1.82, 2.24) is 4.72 Å². The van der Waals surface area contributed by atoms with Crippen molar-refractivity contribution >= 4 is 21.4 Å². The fraction of sp³-hybridized carbons (Fsp3) is 0.286. The van der Waals surface area contributed by atoms with E-state index >= 15 is 0 Å². The number of benzene rings is 1. The Hall–Kier alpha value is -1.61. The van der Waals surface area contributed by atoms with Crippen LogP contribution in [-0.2, 0) is 10.0 Å². The first-order chi connectivity index (χ1) is 10.5. The number of nitrogens with one attached hydrogen (secondary N) is 1. The summed E-state index contributed by atoms with van der Waals surface area (Å²) in [4.78, 5) is -0.00619. The molecule has 0 spiro atoms. The number of rotatable bonds is 7. The minimum atomic E-state index is -3.80. The summed E-state index contributed by atoms with van der Waals surface area (Å²) in [5, 5.41) is 13.5. The van der Waals surface area contributed by atoms with Gasteiger partial charge in [0, 0.05) is 12.6 Å². The van der Waals surface area contributed by atoms with Crippen LogP contribution in [0.3, 0.4) is 0 Å². The lowest BCUT2D eigenvalue weighted by Gasteiger charge is -2.14. The van der Waals surface area contributed by atoms with Crippen molar-refractivity contribution < 1.29 is 23.0 Å². The zero-order chi connectivity index (χ0) is 16.2. The first-order valence-electron chi connectivity index (χ1n) is 6.40. The molecule has 22 heavy (non-hydrogen) atoms. The Bertz CT molecular complexity index is 713. The Morgan fingerprint density at radius 3 is 2.64 bits per heavy atom. The highest BCUT2D eigenvalue weighted by molar-refractivity contribution is 7.89. The first kappa shape index (κ1) is 16.8. The van der Waals surface area contributed by atoms with E-state index < -0.39 is 16.1 Å². The Labute approximate surface area is 133 Å². The van der Waals surface area contributed by atoms with Crippen LogP contribution in [0.15, 0.2) is 39.9 Å². The third-order valence-electron chi connectivity index (χ3n) is 3.05. The number of aliphatic hydroxyl groups is 1. The third-order valence-corrected chi connectivity index (χ3v) is 5.22. The van der Waals surface area contributed by atoms with Crippen LogP contribution in [0.2, 0.25) is 0 Å². The van der Waals surface area contributed by atoms with Crippen LogP contribution < -0.4 is 14.2 Å². The van der Waals surface area contributed by atoms with Crippen molar-refractivity contribution in [2.24, 2.45) is 0 Å². The summed E-state index contributed by atoms with van der Waals surface area (Å²) < 4.78 is 37.2. The second-order valence-electron chi connectivity index (χ2n) is 4.44. The minimum Gasteiger partial charge on any atom is -0.497 e. The molecule has 2 N–H and O–H groups in total. The molecule has 0 amide bonds. The summed E-state index contributed by atoms with van der Waals surface area (Å²) in [6.45, 7) is -0.117. The predicted molar refractivity (Wildman–Crippen MR) is 84.0 cm³/mol. The monoisotopic (exact) mass is 343 g/mol. The van der Waals surface area contributed by atoms with Gasteiger partial charge in [-0.15, -0.1) is 0 Å². The van der Waals surface area contributed by atoms with Crippen molar-refractivity contribution in [1.29, 1.82) is 0 Å². The van der Waals surface area contributed by atoms with Gasteiger partial charge in [-0.1, -0.05) is 0 Å². The predicted octanol–water partition coefficient (Wildman–Crippen LogP) is 1.78. The van der Waals surface area contributed by atoms with E-state index in [0.717, 1.165) is 0 Å². The Morgan fingerprint density at radius 1 is 1.27 bits per heavy atom. The van der Waals surface area contributed by atoms with Crippen LogP contribution in [-0.4, -0.2) is 34.3 Å². The number of methoxy groups -OCH3 is 2. The highest BCUT2D eigenvalue weighted by Crippen LogP contribution is 2.28. The zero-order valence-electron chi connectivity index (χ0n) is 12.1. The molecule has 1 heterocycles. The Kier molecular flexibility index (Phi) is 5.41. The molecule has 0 saturated heterocycles. The van der Waals surface area contributed by atoms with Crippen LogP contribution in [0, 0.1) is 0 Å². The molecular weight excluding hydrogens is 326 g/mol. The molecule has 0 bridgehead atoms. The molecule has 2 rings (SSSR count). The number of thiophene rings is 1. The van der Waals surface area contributed by atoms with E-state index in [-0.39, 0.29) is 17.2 Å². The summed E-state index contributed by atoms with van der Waals surface area (Å²) in [6, 6.07) is 6.17. The molecule has 2 aromatic rings. The third kappa shape index (κ3) is 3.77. The highest BCUT2D eigenvalue weighted by Gasteiger charge is 2.21. The number of ether oxygens (including phenoxy) is 2. The zero-order valence-corrected chi connectivity index (χ0v) is 13.8. The summed E-state index contributed by atoms with van der Waals surface area (Å²) >= 11 is 1.44. The fourth-order valence-corrected chi connectivity index (χ4v) is 3.74. The van der Waals surface area contributed by atoms with Crippen molar-refractivity contribution in [3.8, 4) is 11.5 Å². The van der Waals surface area contributed by atoms with Gasteiger partial charge in [0.15, 0.2) is 0 Å². The standard InChI is InChI=1S/C14H17NO5S2/c1-19-11-3-4-14(13(7-11)20-2)22(17,18)15-8-12(16)10-5-6-21-9-10/h3-7,9,12,15-16H,8H2,1-2H3. The van der Waals surface area contributed by atoms with Gasteiger partial charge in [0.2, 0.25) is 10.0 Å². The smallest absolute Gasteiger partial charge is 0.244 e. The van der Waals surface area contributed by atoms with E-state index in [4.69, 9.17) is 9.47 Å². The quantitative estimate of drug-likeness (QED) is 0.800. The van der Waals surface area contributed by atoms with Crippen LogP contribution in [0.5, 0.6) is 11.5 Å². The summed E-state index contributed by atoms with van der Waals surface area (Å²) in [6.07, 6.45) is -0.898. The maximum absolute atomic E-state index is 12.3. The highest BCUT2D eigenvalue weighted by atomic mass is 32.2. The van der Waals surface area contributed by atoms with Crippen LogP contribution in [0.4, 0.5) is 0 Å². The van der Waals surface area contributed by atoms with Gasteiger partial charge in [0.05, 0.1) is 20.3 Å². The topological polar surface area (TPSA) is 84.9 Å². The number of aliphatic hydroxyl groups excluding tert-OH is 1. The lowest BCUT2D eigenvalue weighted by molar-refractivity contribution is 0.182. The first-order valence-corrected chi connectivity index (χ1v) is 8.82.